The normalized spacial score (nSPS) is 16.8. The third-order valence-corrected chi connectivity index (χ3v) is 7.83. The van der Waals surface area contributed by atoms with E-state index < -0.39 is 15.7 Å². The van der Waals surface area contributed by atoms with Gasteiger partial charge in [-0.2, -0.15) is 10.0 Å². The Morgan fingerprint density at radius 3 is 2.34 bits per heavy atom. The van der Waals surface area contributed by atoms with Crippen LogP contribution in [0.5, 0.6) is 11.5 Å². The molecule has 0 aromatic heterocycles. The van der Waals surface area contributed by atoms with E-state index in [0.717, 1.165) is 28.8 Å². The summed E-state index contributed by atoms with van der Waals surface area (Å²) in [6.45, 7) is 5.14. The van der Waals surface area contributed by atoms with Crippen LogP contribution in [0.1, 0.15) is 23.1 Å². The maximum atomic E-state index is 12.4. The predicted octanol–water partition coefficient (Wildman–Crippen LogP) is 3.77. The van der Waals surface area contributed by atoms with Gasteiger partial charge in [0.25, 0.3) is 5.91 Å². The van der Waals surface area contributed by atoms with Crippen molar-refractivity contribution in [3.05, 3.63) is 64.7 Å². The van der Waals surface area contributed by atoms with E-state index in [9.17, 15) is 13.2 Å². The summed E-state index contributed by atoms with van der Waals surface area (Å²) in [5, 5.41) is 13.4. The van der Waals surface area contributed by atoms with E-state index in [1.54, 1.807) is 24.3 Å². The number of hydrogen-bond acceptors (Lipinski definition) is 8. The van der Waals surface area contributed by atoms with Crippen molar-refractivity contribution in [3.8, 4) is 11.5 Å². The van der Waals surface area contributed by atoms with Gasteiger partial charge in [-0.3, -0.25) is 10.2 Å². The van der Waals surface area contributed by atoms with Crippen LogP contribution >= 0.6 is 11.8 Å². The van der Waals surface area contributed by atoms with Gasteiger partial charge in [0.2, 0.25) is 19.4 Å². The number of amidine groups is 2. The van der Waals surface area contributed by atoms with Crippen molar-refractivity contribution in [3.63, 3.8) is 0 Å². The molecule has 2 aliphatic rings. The molecule has 0 saturated heterocycles. The van der Waals surface area contributed by atoms with Crippen molar-refractivity contribution < 1.29 is 22.7 Å². The van der Waals surface area contributed by atoms with Crippen LogP contribution in [0.15, 0.2) is 58.1 Å². The van der Waals surface area contributed by atoms with Gasteiger partial charge in [-0.25, -0.2) is 8.42 Å². The average Bonchev–Trinajstić information content (AvgIpc) is 3.24. The van der Waals surface area contributed by atoms with Crippen LogP contribution in [0.3, 0.4) is 0 Å². The largest absolute Gasteiger partial charge is 0.493 e. The van der Waals surface area contributed by atoms with E-state index in [-0.39, 0.29) is 21.0 Å². The average molecular weight is 513 g/mol. The quantitative estimate of drug-likeness (QED) is 0.443. The van der Waals surface area contributed by atoms with Gasteiger partial charge < -0.3 is 9.47 Å². The maximum absolute atomic E-state index is 12.4. The number of amides is 1. The zero-order valence-corrected chi connectivity index (χ0v) is 21.1. The number of hydrazone groups is 1. The number of benzene rings is 2. The zero-order chi connectivity index (χ0) is 25.2. The lowest BCUT2D eigenvalue weighted by molar-refractivity contribution is -0.114. The first-order chi connectivity index (χ1) is 16.6. The van der Waals surface area contributed by atoms with Crippen LogP contribution in [0.2, 0.25) is 0 Å². The van der Waals surface area contributed by atoms with Crippen LogP contribution in [-0.4, -0.2) is 54.2 Å². The topological polar surface area (TPSA) is 121 Å². The SMILES string of the molecule is Cc1ccc(OCCCOc2ccc(/C=C3/C(=N)N4N=C(S(C)(=O)=O)SC4=NC3=O)cc2)cc1C. The summed E-state index contributed by atoms with van der Waals surface area (Å²) in [5.41, 5.74) is 3.11. The monoisotopic (exact) mass is 512 g/mol. The second kappa shape index (κ2) is 10.0. The van der Waals surface area contributed by atoms with E-state index in [2.05, 4.69) is 23.9 Å². The minimum absolute atomic E-state index is 0.0185. The van der Waals surface area contributed by atoms with E-state index in [1.807, 2.05) is 18.2 Å². The van der Waals surface area contributed by atoms with Gasteiger partial charge in [-0.1, -0.05) is 18.2 Å². The van der Waals surface area contributed by atoms with E-state index >= 15 is 0 Å². The van der Waals surface area contributed by atoms with Gasteiger partial charge in [0.05, 0.1) is 18.8 Å². The Bertz CT molecular complexity index is 1380. The fourth-order valence-electron chi connectivity index (χ4n) is 3.19. The number of fused-ring (bicyclic) bond motifs is 1. The lowest BCUT2D eigenvalue weighted by Gasteiger charge is -2.20. The molecule has 0 spiro atoms. The molecule has 9 nitrogen and oxygen atoms in total. The summed E-state index contributed by atoms with van der Waals surface area (Å²) in [4.78, 5) is 16.3. The number of carbonyl (C=O) groups excluding carboxylic acids is 1. The Kier molecular flexibility index (Phi) is 7.08. The van der Waals surface area contributed by atoms with Crippen molar-refractivity contribution in [2.24, 2.45) is 10.1 Å². The molecule has 0 aliphatic carbocycles. The Balaban J connectivity index is 1.33. The minimum atomic E-state index is -3.57. The number of nitrogens with zero attached hydrogens (tertiary/aromatic N) is 3. The highest BCUT2D eigenvalue weighted by Crippen LogP contribution is 2.30. The predicted molar refractivity (Wildman–Crippen MR) is 138 cm³/mol. The summed E-state index contributed by atoms with van der Waals surface area (Å²) in [6.07, 6.45) is 3.25. The molecule has 0 bridgehead atoms. The van der Waals surface area contributed by atoms with Crippen molar-refractivity contribution in [1.29, 1.82) is 5.41 Å². The zero-order valence-electron chi connectivity index (χ0n) is 19.4. The molecule has 0 unspecified atom stereocenters. The second-order valence-electron chi connectivity index (χ2n) is 8.02. The summed E-state index contributed by atoms with van der Waals surface area (Å²) in [7, 11) is -3.57. The molecule has 0 radical (unpaired) electrons. The van der Waals surface area contributed by atoms with Crippen molar-refractivity contribution in [1.82, 2.24) is 5.01 Å². The molecule has 11 heteroatoms. The number of aryl methyl sites for hydroxylation is 2. The third-order valence-electron chi connectivity index (χ3n) is 5.25. The number of ether oxygens (including phenoxy) is 2. The first-order valence-electron chi connectivity index (χ1n) is 10.7. The highest BCUT2D eigenvalue weighted by molar-refractivity contribution is 8.42. The Hall–Kier alpha value is -3.44. The molecule has 2 aromatic rings. The van der Waals surface area contributed by atoms with Crippen molar-refractivity contribution in [2.45, 2.75) is 20.3 Å². The molecule has 1 N–H and O–H groups in total. The van der Waals surface area contributed by atoms with Crippen LogP contribution in [0, 0.1) is 19.3 Å². The summed E-state index contributed by atoms with van der Waals surface area (Å²) < 4.78 is 34.8. The van der Waals surface area contributed by atoms with Gasteiger partial charge in [0, 0.05) is 12.7 Å². The van der Waals surface area contributed by atoms with E-state index in [1.165, 1.54) is 17.2 Å². The molecular weight excluding hydrogens is 488 g/mol. The first-order valence-corrected chi connectivity index (χ1v) is 13.5. The summed E-state index contributed by atoms with van der Waals surface area (Å²) in [6, 6.07) is 13.1. The van der Waals surface area contributed by atoms with Crippen molar-refractivity contribution in [2.75, 3.05) is 19.5 Å². The molecule has 2 heterocycles. The molecular formula is C24H24N4O5S2. The van der Waals surface area contributed by atoms with Crippen LogP contribution in [0.4, 0.5) is 0 Å². The number of rotatable bonds is 7. The third kappa shape index (κ3) is 5.80. The maximum Gasteiger partial charge on any atom is 0.283 e. The van der Waals surface area contributed by atoms with Crippen LogP contribution < -0.4 is 9.47 Å². The highest BCUT2D eigenvalue weighted by Gasteiger charge is 2.38. The molecule has 1 amide bonds. The molecule has 35 heavy (non-hydrogen) atoms. The first kappa shape index (κ1) is 24.7. The molecule has 2 aromatic carbocycles. The highest BCUT2D eigenvalue weighted by atomic mass is 32.3. The molecule has 0 fully saturated rings. The lowest BCUT2D eigenvalue weighted by Crippen LogP contribution is -2.35. The van der Waals surface area contributed by atoms with Crippen LogP contribution in [0.25, 0.3) is 6.08 Å². The number of carbonyl (C=O) groups is 1. The molecule has 182 valence electrons. The number of hydrogen-bond donors (Lipinski definition) is 1. The minimum Gasteiger partial charge on any atom is -0.493 e. The number of aliphatic imine (C=N–C) groups is 1. The molecule has 0 atom stereocenters. The molecule has 2 aliphatic heterocycles. The number of sulfone groups is 1. The Morgan fingerprint density at radius 2 is 1.69 bits per heavy atom. The van der Waals surface area contributed by atoms with Gasteiger partial charge in [-0.05, 0) is 72.6 Å². The number of thioether (sulfide) groups is 1. The molecule has 4 rings (SSSR count). The van der Waals surface area contributed by atoms with Crippen molar-refractivity contribution >= 4 is 49.0 Å². The Morgan fingerprint density at radius 1 is 1.03 bits per heavy atom. The molecule has 0 saturated carbocycles. The summed E-state index contributed by atoms with van der Waals surface area (Å²) >= 11 is 0.754. The van der Waals surface area contributed by atoms with Crippen LogP contribution in [-0.2, 0) is 14.6 Å². The smallest absolute Gasteiger partial charge is 0.283 e. The fourth-order valence-corrected chi connectivity index (χ4v) is 4.88. The van der Waals surface area contributed by atoms with Gasteiger partial charge in [0.15, 0.2) is 5.84 Å². The van der Waals surface area contributed by atoms with E-state index in [4.69, 9.17) is 14.9 Å². The fraction of sp³-hybridized carbons (Fsp3) is 0.250. The standard InChI is InChI=1S/C24H24N4O5S2/c1-15-5-8-19(13-16(15)2)33-12-4-11-32-18-9-6-17(7-10-18)14-20-21(25)28-23(26-22(20)29)34-24(27-28)35(3,30)31/h5-10,13-14,25H,4,11-12H2,1-3H3/b20-14-,25-21?. The van der Waals surface area contributed by atoms with Gasteiger partial charge >= 0.3 is 0 Å². The van der Waals surface area contributed by atoms with Gasteiger partial charge in [-0.15, -0.1) is 5.10 Å². The second-order valence-corrected chi connectivity index (χ2v) is 11.2. The lowest BCUT2D eigenvalue weighted by atomic mass is 10.1. The Labute approximate surface area is 208 Å². The van der Waals surface area contributed by atoms with E-state index in [0.29, 0.717) is 30.9 Å². The number of nitrogens with one attached hydrogen (secondary N) is 1. The summed E-state index contributed by atoms with van der Waals surface area (Å²) in [5.74, 6) is 0.663. The van der Waals surface area contributed by atoms with Gasteiger partial charge in [0.1, 0.15) is 11.5 Å².